The zero-order valence-electron chi connectivity index (χ0n) is 24.5. The quantitative estimate of drug-likeness (QED) is 0.335. The largest absolute Gasteiger partial charge is 1.00 e. The molecule has 39 heavy (non-hydrogen) atoms. The van der Waals surface area contributed by atoms with Gasteiger partial charge >= 0.3 is 0 Å². The number of aryl methyl sites for hydroxylation is 1. The topological polar surface area (TPSA) is 37.6 Å². The van der Waals surface area contributed by atoms with Crippen molar-refractivity contribution in [2.75, 3.05) is 0 Å². The molecule has 0 spiro atoms. The van der Waals surface area contributed by atoms with E-state index in [1.807, 2.05) is 12.4 Å². The summed E-state index contributed by atoms with van der Waals surface area (Å²) in [6.07, 6.45) is 3.80. The standard InChI is InChI=1S/C32H41N3.3ClH.V/c1-20(2)27-12-10-13-28(21(3)4)31(27)33-18-25-16-24(9)17-26(35-25)19-34-32-29(22(5)6)14-11-15-30(32)23(7)8;;;;/h10-23H,1-9H3;3*1H;/p-3. The monoisotopic (exact) mass is 623 g/mol. The van der Waals surface area contributed by atoms with Crippen LogP contribution in [0.1, 0.15) is 118 Å². The molecule has 0 bridgehead atoms. The molecule has 0 unspecified atom stereocenters. The van der Waals surface area contributed by atoms with Gasteiger partial charge in [-0.15, -0.1) is 0 Å². The summed E-state index contributed by atoms with van der Waals surface area (Å²) in [5, 5.41) is 0. The summed E-state index contributed by atoms with van der Waals surface area (Å²) in [4.78, 5) is 14.8. The predicted molar refractivity (Wildman–Crippen MR) is 153 cm³/mol. The zero-order valence-corrected chi connectivity index (χ0v) is 28.2. The fraction of sp³-hybridized carbons (Fsp3) is 0.406. The van der Waals surface area contributed by atoms with Crippen molar-refractivity contribution in [2.45, 2.75) is 86.0 Å². The molecule has 0 aliphatic carbocycles. The van der Waals surface area contributed by atoms with Crippen molar-refractivity contribution in [3.8, 4) is 0 Å². The molecule has 0 amide bonds. The Hall–Kier alpha value is -1.62. The van der Waals surface area contributed by atoms with Crippen LogP contribution in [-0.4, -0.2) is 17.4 Å². The third-order valence-electron chi connectivity index (χ3n) is 6.35. The summed E-state index contributed by atoms with van der Waals surface area (Å²) in [5.41, 5.74) is 10.1. The van der Waals surface area contributed by atoms with Gasteiger partial charge in [0.2, 0.25) is 0 Å². The van der Waals surface area contributed by atoms with Gasteiger partial charge in [0.1, 0.15) is 0 Å². The van der Waals surface area contributed by atoms with E-state index in [9.17, 15) is 0 Å². The van der Waals surface area contributed by atoms with Gasteiger partial charge in [0.05, 0.1) is 35.2 Å². The van der Waals surface area contributed by atoms with Gasteiger partial charge in [-0.2, -0.15) is 0 Å². The maximum absolute atomic E-state index is 4.96. The Morgan fingerprint density at radius 1 is 0.564 bits per heavy atom. The first-order valence-corrected chi connectivity index (χ1v) is 12.9. The van der Waals surface area contributed by atoms with Crippen molar-refractivity contribution in [3.63, 3.8) is 0 Å². The Labute approximate surface area is 266 Å². The van der Waals surface area contributed by atoms with Gasteiger partial charge in [-0.1, -0.05) is 91.8 Å². The summed E-state index contributed by atoms with van der Waals surface area (Å²) in [5.74, 6) is 1.63. The van der Waals surface area contributed by atoms with Gasteiger partial charge < -0.3 is 37.2 Å². The van der Waals surface area contributed by atoms with Crippen molar-refractivity contribution in [1.82, 2.24) is 4.98 Å². The summed E-state index contributed by atoms with van der Waals surface area (Å²) >= 11 is 0. The summed E-state index contributed by atoms with van der Waals surface area (Å²) in [6, 6.07) is 17.2. The molecule has 0 aliphatic rings. The van der Waals surface area contributed by atoms with Crippen LogP contribution >= 0.6 is 0 Å². The second-order valence-electron chi connectivity index (χ2n) is 10.7. The fourth-order valence-electron chi connectivity index (χ4n) is 4.44. The third kappa shape index (κ3) is 10.4. The van der Waals surface area contributed by atoms with Crippen LogP contribution in [0.5, 0.6) is 0 Å². The molecule has 0 atom stereocenters. The molecule has 3 nitrogen and oxygen atoms in total. The van der Waals surface area contributed by atoms with Crippen molar-refractivity contribution >= 4 is 23.8 Å². The van der Waals surface area contributed by atoms with E-state index >= 15 is 0 Å². The predicted octanol–water partition coefficient (Wildman–Crippen LogP) is 0.394. The van der Waals surface area contributed by atoms with E-state index < -0.39 is 0 Å². The minimum atomic E-state index is 0. The summed E-state index contributed by atoms with van der Waals surface area (Å²) in [6.45, 7) is 19.9. The molecule has 0 aliphatic heterocycles. The van der Waals surface area contributed by atoms with Gasteiger partial charge in [0.15, 0.2) is 0 Å². The number of pyridine rings is 1. The van der Waals surface area contributed by atoms with Gasteiger partial charge in [0.25, 0.3) is 0 Å². The number of halogens is 3. The molecule has 7 heteroatoms. The number of rotatable bonds is 8. The first-order chi connectivity index (χ1) is 16.6. The minimum absolute atomic E-state index is 0. The van der Waals surface area contributed by atoms with Crippen LogP contribution in [-0.2, 0) is 18.6 Å². The van der Waals surface area contributed by atoms with E-state index in [0.717, 1.165) is 28.3 Å². The van der Waals surface area contributed by atoms with E-state index in [-0.39, 0.29) is 55.8 Å². The number of para-hydroxylation sites is 2. The van der Waals surface area contributed by atoms with Crippen LogP contribution in [0.25, 0.3) is 0 Å². The average Bonchev–Trinajstić information content (AvgIpc) is 2.80. The van der Waals surface area contributed by atoms with Crippen LogP contribution in [0.15, 0.2) is 58.5 Å². The molecule has 1 radical (unpaired) electrons. The molecule has 0 N–H and O–H groups in total. The van der Waals surface area contributed by atoms with Gasteiger partial charge in [-0.25, -0.2) is 4.98 Å². The van der Waals surface area contributed by atoms with Gasteiger partial charge in [-0.05, 0) is 70.5 Å². The smallest absolute Gasteiger partial charge is 0.0823 e. The van der Waals surface area contributed by atoms with Crippen LogP contribution in [0.4, 0.5) is 11.4 Å². The van der Waals surface area contributed by atoms with E-state index in [4.69, 9.17) is 15.0 Å². The number of benzene rings is 2. The molecule has 1 heterocycles. The number of aromatic nitrogens is 1. The van der Waals surface area contributed by atoms with E-state index in [2.05, 4.69) is 111 Å². The Morgan fingerprint density at radius 3 is 1.10 bits per heavy atom. The van der Waals surface area contributed by atoms with Crippen molar-refractivity contribution in [3.05, 3.63) is 87.7 Å². The number of hydrogen-bond donors (Lipinski definition) is 0. The average molecular weight is 625 g/mol. The summed E-state index contributed by atoms with van der Waals surface area (Å²) < 4.78 is 0. The van der Waals surface area contributed by atoms with Crippen molar-refractivity contribution in [1.29, 1.82) is 0 Å². The molecule has 1 aromatic heterocycles. The van der Waals surface area contributed by atoms with Gasteiger partial charge in [-0.3, -0.25) is 9.98 Å². The molecule has 0 saturated heterocycles. The maximum atomic E-state index is 4.96. The third-order valence-corrected chi connectivity index (χ3v) is 6.35. The number of hydrogen-bond acceptors (Lipinski definition) is 3. The maximum Gasteiger partial charge on any atom is 0.0823 e. The Kier molecular flexibility index (Phi) is 18.2. The Balaban J connectivity index is 0. The molecule has 2 aromatic carbocycles. The molecule has 0 saturated carbocycles. The first-order valence-electron chi connectivity index (χ1n) is 12.9. The van der Waals surface area contributed by atoms with Crippen LogP contribution < -0.4 is 37.2 Å². The van der Waals surface area contributed by atoms with Gasteiger partial charge in [0, 0.05) is 18.6 Å². The van der Waals surface area contributed by atoms with E-state index in [1.165, 1.54) is 22.3 Å². The first kappa shape index (κ1) is 39.5. The molecule has 213 valence electrons. The molecule has 3 aromatic rings. The second-order valence-corrected chi connectivity index (χ2v) is 10.7. The number of nitrogens with zero attached hydrogens (tertiary/aromatic N) is 3. The number of aliphatic imine (C=N–C) groups is 2. The Morgan fingerprint density at radius 2 is 0.846 bits per heavy atom. The van der Waals surface area contributed by atoms with Crippen LogP contribution in [0.3, 0.4) is 0 Å². The molecule has 3 rings (SSSR count). The fourth-order valence-corrected chi connectivity index (χ4v) is 4.44. The van der Waals surface area contributed by atoms with Crippen molar-refractivity contribution in [2.24, 2.45) is 9.98 Å². The molecular weight excluding hydrogens is 584 g/mol. The van der Waals surface area contributed by atoms with E-state index in [1.54, 1.807) is 0 Å². The van der Waals surface area contributed by atoms with Crippen LogP contribution in [0.2, 0.25) is 0 Å². The second kappa shape index (κ2) is 17.9. The van der Waals surface area contributed by atoms with E-state index in [0.29, 0.717) is 23.7 Å². The Bertz CT molecular complexity index is 1090. The minimum Gasteiger partial charge on any atom is -1.00 e. The normalized spacial score (nSPS) is 11.1. The van der Waals surface area contributed by atoms with Crippen molar-refractivity contribution < 1.29 is 55.8 Å². The molecular formula is C32H41Cl3N3V-3. The van der Waals surface area contributed by atoms with Crippen LogP contribution in [0, 0.1) is 6.92 Å². The zero-order chi connectivity index (χ0) is 25.7. The summed E-state index contributed by atoms with van der Waals surface area (Å²) in [7, 11) is 0. The molecule has 0 fully saturated rings. The SMILES string of the molecule is Cc1cc(C=Nc2c(C(C)C)cccc2C(C)C)nc(C=Nc2c(C(C)C)cccc2C(C)C)c1.[Cl-].[Cl-].[Cl-].[V].